The van der Waals surface area contributed by atoms with Crippen LogP contribution in [-0.4, -0.2) is 16.7 Å². The van der Waals surface area contributed by atoms with Crippen LogP contribution < -0.4 is 10.1 Å². The van der Waals surface area contributed by atoms with Crippen LogP contribution in [0.3, 0.4) is 0 Å². The topological polar surface area (TPSA) is 60.2 Å². The number of aromatic nitrogens is 2. The molecule has 0 bridgehead atoms. The van der Waals surface area contributed by atoms with E-state index in [0.29, 0.717) is 30.6 Å². The van der Waals surface area contributed by atoms with Crippen molar-refractivity contribution in [2.75, 3.05) is 6.54 Å². The van der Waals surface area contributed by atoms with E-state index in [1.165, 1.54) is 0 Å². The van der Waals surface area contributed by atoms with Crippen LogP contribution >= 0.6 is 15.9 Å². The summed E-state index contributed by atoms with van der Waals surface area (Å²) in [5, 5.41) is 7.32. The molecule has 2 aromatic heterocycles. The highest BCUT2D eigenvalue weighted by molar-refractivity contribution is 9.10. The van der Waals surface area contributed by atoms with E-state index < -0.39 is 0 Å². The fourth-order valence-electron chi connectivity index (χ4n) is 1.62. The number of nitrogens with one attached hydrogen (secondary N) is 1. The van der Waals surface area contributed by atoms with Crippen molar-refractivity contribution >= 4 is 15.9 Å². The highest BCUT2D eigenvalue weighted by Crippen LogP contribution is 2.17. The van der Waals surface area contributed by atoms with Gasteiger partial charge in [-0.05, 0) is 34.5 Å². The van der Waals surface area contributed by atoms with Crippen LogP contribution in [-0.2, 0) is 13.2 Å². The van der Waals surface area contributed by atoms with E-state index in [4.69, 9.17) is 9.26 Å². The van der Waals surface area contributed by atoms with Crippen LogP contribution in [0.25, 0.3) is 0 Å². The molecular formula is C14H18BrN3O2. The molecule has 20 heavy (non-hydrogen) atoms. The molecule has 0 aliphatic carbocycles. The Bertz CT molecular complexity index is 543. The Balaban J connectivity index is 1.80. The van der Waals surface area contributed by atoms with Gasteiger partial charge in [-0.15, -0.1) is 0 Å². The van der Waals surface area contributed by atoms with Crippen molar-refractivity contribution in [3.8, 4) is 5.75 Å². The summed E-state index contributed by atoms with van der Waals surface area (Å²) in [5.74, 6) is 2.01. The molecule has 0 radical (unpaired) electrons. The third-order valence-electron chi connectivity index (χ3n) is 2.53. The van der Waals surface area contributed by atoms with Crippen molar-refractivity contribution < 1.29 is 9.26 Å². The van der Waals surface area contributed by atoms with Crippen LogP contribution in [0.2, 0.25) is 0 Å². The molecule has 0 amide bonds. The summed E-state index contributed by atoms with van der Waals surface area (Å²) in [5.41, 5.74) is 0.886. The molecule has 0 aromatic carbocycles. The van der Waals surface area contributed by atoms with Gasteiger partial charge in [-0.3, -0.25) is 4.98 Å². The SMILES string of the molecule is CC(C)CNCc1cc(COc2cncc(Br)c2)on1. The van der Waals surface area contributed by atoms with Crippen LogP contribution in [0.1, 0.15) is 25.3 Å². The maximum atomic E-state index is 5.58. The lowest BCUT2D eigenvalue weighted by molar-refractivity contribution is 0.247. The first-order valence-corrected chi connectivity index (χ1v) is 7.31. The molecule has 0 spiro atoms. The van der Waals surface area contributed by atoms with E-state index in [1.54, 1.807) is 12.4 Å². The van der Waals surface area contributed by atoms with Gasteiger partial charge >= 0.3 is 0 Å². The maximum Gasteiger partial charge on any atom is 0.174 e. The Morgan fingerprint density at radius 3 is 2.95 bits per heavy atom. The minimum absolute atomic E-state index is 0.343. The van der Waals surface area contributed by atoms with Crippen molar-refractivity contribution in [2.45, 2.75) is 27.0 Å². The van der Waals surface area contributed by atoms with E-state index in [9.17, 15) is 0 Å². The third kappa shape index (κ3) is 4.94. The number of ether oxygens (including phenoxy) is 1. The molecule has 2 rings (SSSR count). The van der Waals surface area contributed by atoms with Crippen LogP contribution in [0.5, 0.6) is 5.75 Å². The second-order valence-corrected chi connectivity index (χ2v) is 5.85. The van der Waals surface area contributed by atoms with Crippen molar-refractivity contribution in [1.82, 2.24) is 15.5 Å². The van der Waals surface area contributed by atoms with Crippen LogP contribution in [0, 0.1) is 5.92 Å². The second kappa shape index (κ2) is 7.40. The molecule has 1 N–H and O–H groups in total. The normalized spacial score (nSPS) is 11.0. The molecule has 0 saturated heterocycles. The fraction of sp³-hybridized carbons (Fsp3) is 0.429. The summed E-state index contributed by atoms with van der Waals surface area (Å²) >= 11 is 3.35. The zero-order valence-electron chi connectivity index (χ0n) is 11.6. The molecule has 108 valence electrons. The number of halogens is 1. The zero-order valence-corrected chi connectivity index (χ0v) is 13.2. The lowest BCUT2D eigenvalue weighted by Gasteiger charge is -2.04. The Hall–Kier alpha value is -1.40. The molecule has 2 aromatic rings. The molecule has 0 fully saturated rings. The first kappa shape index (κ1) is 15.0. The molecular weight excluding hydrogens is 322 g/mol. The smallest absolute Gasteiger partial charge is 0.174 e. The highest BCUT2D eigenvalue weighted by Gasteiger charge is 2.05. The van der Waals surface area contributed by atoms with E-state index in [-0.39, 0.29) is 0 Å². The minimum Gasteiger partial charge on any atom is -0.484 e. The van der Waals surface area contributed by atoms with Gasteiger partial charge in [0.1, 0.15) is 12.4 Å². The zero-order chi connectivity index (χ0) is 14.4. The van der Waals surface area contributed by atoms with Crippen molar-refractivity contribution in [3.05, 3.63) is 40.5 Å². The quantitative estimate of drug-likeness (QED) is 0.839. The third-order valence-corrected chi connectivity index (χ3v) is 2.96. The molecule has 2 heterocycles. The minimum atomic E-state index is 0.343. The van der Waals surface area contributed by atoms with Crippen molar-refractivity contribution in [1.29, 1.82) is 0 Å². The molecule has 0 unspecified atom stereocenters. The van der Waals surface area contributed by atoms with Crippen molar-refractivity contribution in [2.24, 2.45) is 5.92 Å². The standard InChI is InChI=1S/C14H18BrN3O2/c1-10(2)5-16-7-12-4-14(20-18-12)9-19-13-3-11(15)6-17-8-13/h3-4,6,8,10,16H,5,7,9H2,1-2H3. The maximum absolute atomic E-state index is 5.58. The number of nitrogens with zero attached hydrogens (tertiary/aromatic N) is 2. The molecule has 5 nitrogen and oxygen atoms in total. The lowest BCUT2D eigenvalue weighted by atomic mass is 10.2. The summed E-state index contributed by atoms with van der Waals surface area (Å²) in [6.07, 6.45) is 3.37. The summed E-state index contributed by atoms with van der Waals surface area (Å²) in [6, 6.07) is 3.76. The van der Waals surface area contributed by atoms with Gasteiger partial charge in [0.05, 0.1) is 11.9 Å². The van der Waals surface area contributed by atoms with Gasteiger partial charge in [0, 0.05) is 23.3 Å². The Kier molecular flexibility index (Phi) is 5.55. The largest absolute Gasteiger partial charge is 0.484 e. The van der Waals surface area contributed by atoms with E-state index >= 15 is 0 Å². The fourth-order valence-corrected chi connectivity index (χ4v) is 1.97. The van der Waals surface area contributed by atoms with Gasteiger partial charge in [0.25, 0.3) is 0 Å². The summed E-state index contributed by atoms with van der Waals surface area (Å²) in [4.78, 5) is 4.03. The molecule has 0 saturated carbocycles. The lowest BCUT2D eigenvalue weighted by Crippen LogP contribution is -2.19. The first-order valence-electron chi connectivity index (χ1n) is 6.52. The highest BCUT2D eigenvalue weighted by atomic mass is 79.9. The Morgan fingerprint density at radius 1 is 1.35 bits per heavy atom. The van der Waals surface area contributed by atoms with Crippen LogP contribution in [0.4, 0.5) is 0 Å². The molecule has 0 aliphatic rings. The number of hydrogen-bond acceptors (Lipinski definition) is 5. The summed E-state index contributed by atoms with van der Waals surface area (Å²) in [6.45, 7) is 6.35. The van der Waals surface area contributed by atoms with Crippen LogP contribution in [0.15, 0.2) is 33.5 Å². The molecule has 0 atom stereocenters. The Morgan fingerprint density at radius 2 is 2.20 bits per heavy atom. The predicted octanol–water partition coefficient (Wildman–Crippen LogP) is 3.16. The number of hydrogen-bond donors (Lipinski definition) is 1. The summed E-state index contributed by atoms with van der Waals surface area (Å²) in [7, 11) is 0. The van der Waals surface area contributed by atoms with Gasteiger partial charge in [-0.2, -0.15) is 0 Å². The molecule has 0 aliphatic heterocycles. The molecule has 6 heteroatoms. The summed E-state index contributed by atoms with van der Waals surface area (Å²) < 4.78 is 11.7. The number of rotatable bonds is 7. The van der Waals surface area contributed by atoms with E-state index in [0.717, 1.165) is 16.7 Å². The predicted molar refractivity (Wildman–Crippen MR) is 79.3 cm³/mol. The van der Waals surface area contributed by atoms with Gasteiger partial charge in [0.15, 0.2) is 5.76 Å². The average molecular weight is 340 g/mol. The second-order valence-electron chi connectivity index (χ2n) is 4.94. The van der Waals surface area contributed by atoms with E-state index in [1.807, 2.05) is 12.1 Å². The van der Waals surface area contributed by atoms with E-state index in [2.05, 4.69) is 45.2 Å². The van der Waals surface area contributed by atoms with Gasteiger partial charge in [-0.25, -0.2) is 0 Å². The monoisotopic (exact) mass is 339 g/mol. The van der Waals surface area contributed by atoms with Crippen molar-refractivity contribution in [3.63, 3.8) is 0 Å². The average Bonchev–Trinajstić information content (AvgIpc) is 2.84. The Labute approximate surface area is 126 Å². The first-order chi connectivity index (χ1) is 9.63. The van der Waals surface area contributed by atoms with Gasteiger partial charge < -0.3 is 14.6 Å². The van der Waals surface area contributed by atoms with Gasteiger partial charge in [0.2, 0.25) is 0 Å². The number of pyridine rings is 1. The van der Waals surface area contributed by atoms with Gasteiger partial charge in [-0.1, -0.05) is 19.0 Å².